The van der Waals surface area contributed by atoms with Gasteiger partial charge >= 0.3 is 0 Å². The van der Waals surface area contributed by atoms with Gasteiger partial charge in [-0.05, 0) is 17.8 Å². The fourth-order valence-corrected chi connectivity index (χ4v) is 4.86. The lowest BCUT2D eigenvalue weighted by Gasteiger charge is -2.23. The summed E-state index contributed by atoms with van der Waals surface area (Å²) in [5.41, 5.74) is 1.87. The van der Waals surface area contributed by atoms with Crippen LogP contribution in [0.5, 0.6) is 17.2 Å². The Labute approximate surface area is 172 Å². The van der Waals surface area contributed by atoms with E-state index in [-0.39, 0.29) is 22.8 Å². The third-order valence-corrected chi connectivity index (χ3v) is 6.06. The van der Waals surface area contributed by atoms with Gasteiger partial charge in [-0.2, -0.15) is 0 Å². The molecule has 0 amide bonds. The fraction of sp³-hybridized carbons (Fsp3) is 0.333. The molecule has 2 N–H and O–H groups in total. The first-order chi connectivity index (χ1) is 14.1. The summed E-state index contributed by atoms with van der Waals surface area (Å²) in [4.78, 5) is 0.180. The van der Waals surface area contributed by atoms with Crippen LogP contribution in [0.15, 0.2) is 46.9 Å². The predicted molar refractivity (Wildman–Crippen MR) is 106 cm³/mol. The summed E-state index contributed by atoms with van der Waals surface area (Å²) in [5.74, 6) is 1.41. The predicted octanol–water partition coefficient (Wildman–Crippen LogP) is 3.54. The molecule has 3 aromatic rings. The SMILES string of the molecule is COc1cc(OC)c2c(c1)OC1C2C(O)C(c2n[nH]c(=S)o2)[C@H]1c1ccccc1. The van der Waals surface area contributed by atoms with Crippen molar-refractivity contribution in [3.8, 4) is 17.2 Å². The first kappa shape index (κ1) is 18.2. The minimum Gasteiger partial charge on any atom is -0.496 e. The van der Waals surface area contributed by atoms with E-state index in [1.807, 2.05) is 42.5 Å². The summed E-state index contributed by atoms with van der Waals surface area (Å²) in [7, 11) is 3.20. The van der Waals surface area contributed by atoms with Crippen molar-refractivity contribution in [3.05, 3.63) is 64.3 Å². The number of hydrogen-bond donors (Lipinski definition) is 2. The minimum absolute atomic E-state index is 0.180. The van der Waals surface area contributed by atoms with Gasteiger partial charge in [-0.1, -0.05) is 30.3 Å². The first-order valence-electron chi connectivity index (χ1n) is 9.33. The van der Waals surface area contributed by atoms with E-state index < -0.39 is 12.0 Å². The van der Waals surface area contributed by atoms with Gasteiger partial charge in [0.25, 0.3) is 4.84 Å². The fourth-order valence-electron chi connectivity index (χ4n) is 4.73. The van der Waals surface area contributed by atoms with E-state index in [1.165, 1.54) is 0 Å². The summed E-state index contributed by atoms with van der Waals surface area (Å²) in [6.07, 6.45) is -1.11. The Morgan fingerprint density at radius 3 is 2.52 bits per heavy atom. The second-order valence-corrected chi connectivity index (χ2v) is 7.62. The molecule has 4 unspecified atom stereocenters. The number of nitrogens with zero attached hydrogens (tertiary/aromatic N) is 1. The Morgan fingerprint density at radius 1 is 1.07 bits per heavy atom. The van der Waals surface area contributed by atoms with Crippen molar-refractivity contribution in [2.45, 2.75) is 30.0 Å². The lowest BCUT2D eigenvalue weighted by atomic mass is 9.87. The standard InChI is InChI=1S/C21H20N2O5S/c1-25-11-8-12(26-2)15-13(9-11)27-19-14(10-6-4-3-5-7-10)17(18(24)16(15)19)20-22-23-21(29)28-20/h3-9,14,16-19,24H,1-2H3,(H,23,29)/t14-,16?,17?,18?,19?/m1/s1. The van der Waals surface area contributed by atoms with Crippen molar-refractivity contribution in [2.75, 3.05) is 14.2 Å². The van der Waals surface area contributed by atoms with Crippen molar-refractivity contribution < 1.29 is 23.7 Å². The number of methoxy groups -OCH3 is 2. The molecule has 0 saturated heterocycles. The topological polar surface area (TPSA) is 89.7 Å². The van der Waals surface area contributed by atoms with E-state index in [4.69, 9.17) is 30.8 Å². The smallest absolute Gasteiger partial charge is 0.284 e. The summed E-state index contributed by atoms with van der Waals surface area (Å²) >= 11 is 5.06. The van der Waals surface area contributed by atoms with Crippen molar-refractivity contribution in [1.82, 2.24) is 10.2 Å². The zero-order valence-electron chi connectivity index (χ0n) is 15.9. The van der Waals surface area contributed by atoms with Crippen LogP contribution >= 0.6 is 12.2 Å². The van der Waals surface area contributed by atoms with E-state index in [0.717, 1.165) is 11.1 Å². The molecule has 2 aromatic carbocycles. The Hall–Kier alpha value is -2.84. The van der Waals surface area contributed by atoms with E-state index in [2.05, 4.69) is 10.2 Å². The molecular weight excluding hydrogens is 392 g/mol. The van der Waals surface area contributed by atoms with Gasteiger partial charge < -0.3 is 23.7 Å². The highest BCUT2D eigenvalue weighted by Gasteiger charge is 2.59. The maximum absolute atomic E-state index is 11.4. The van der Waals surface area contributed by atoms with Gasteiger partial charge in [-0.15, -0.1) is 5.10 Å². The van der Waals surface area contributed by atoms with Gasteiger partial charge in [0.05, 0.1) is 32.2 Å². The molecule has 2 aliphatic rings. The van der Waals surface area contributed by atoms with E-state index in [0.29, 0.717) is 23.1 Å². The van der Waals surface area contributed by atoms with Gasteiger partial charge in [0.1, 0.15) is 23.4 Å². The average Bonchev–Trinajstić information content (AvgIpc) is 3.41. The van der Waals surface area contributed by atoms with Crippen LogP contribution in [-0.4, -0.2) is 41.7 Å². The van der Waals surface area contributed by atoms with Crippen molar-refractivity contribution in [1.29, 1.82) is 0 Å². The molecular formula is C21H20N2O5S. The lowest BCUT2D eigenvalue weighted by molar-refractivity contribution is 0.125. The average molecular weight is 412 g/mol. The number of hydrogen-bond acceptors (Lipinski definition) is 7. The number of aromatic amines is 1. The maximum Gasteiger partial charge on any atom is 0.284 e. The van der Waals surface area contributed by atoms with Gasteiger partial charge in [0, 0.05) is 23.6 Å². The van der Waals surface area contributed by atoms with Crippen molar-refractivity contribution >= 4 is 12.2 Å². The van der Waals surface area contributed by atoms with Crippen LogP contribution in [-0.2, 0) is 0 Å². The van der Waals surface area contributed by atoms with Crippen LogP contribution in [0.2, 0.25) is 0 Å². The third-order valence-electron chi connectivity index (χ3n) is 5.88. The molecule has 0 bridgehead atoms. The first-order valence-corrected chi connectivity index (χ1v) is 9.74. The Morgan fingerprint density at radius 2 is 1.86 bits per heavy atom. The normalized spacial score (nSPS) is 27.2. The van der Waals surface area contributed by atoms with E-state index >= 15 is 0 Å². The number of nitrogens with one attached hydrogen (secondary N) is 1. The molecule has 5 rings (SSSR count). The highest BCUT2D eigenvalue weighted by molar-refractivity contribution is 7.71. The molecule has 1 aliphatic carbocycles. The van der Waals surface area contributed by atoms with Crippen LogP contribution in [0.1, 0.15) is 34.8 Å². The van der Waals surface area contributed by atoms with E-state index in [9.17, 15) is 5.11 Å². The van der Waals surface area contributed by atoms with Crippen LogP contribution in [0, 0.1) is 4.84 Å². The summed E-state index contributed by atoms with van der Waals surface area (Å²) in [6.45, 7) is 0. The number of aliphatic hydroxyl groups is 1. The lowest BCUT2D eigenvalue weighted by Crippen LogP contribution is -2.22. The highest BCUT2D eigenvalue weighted by atomic mass is 32.1. The van der Waals surface area contributed by atoms with E-state index in [1.54, 1.807) is 14.2 Å². The number of rotatable bonds is 4. The summed E-state index contributed by atoms with van der Waals surface area (Å²) in [6, 6.07) is 13.6. The number of aromatic nitrogens is 2. The molecule has 29 heavy (non-hydrogen) atoms. The number of aliphatic hydroxyl groups excluding tert-OH is 1. The van der Waals surface area contributed by atoms with Gasteiger partial charge in [0.2, 0.25) is 5.89 Å². The molecule has 0 radical (unpaired) electrons. The summed E-state index contributed by atoms with van der Waals surface area (Å²) < 4.78 is 23.0. The quantitative estimate of drug-likeness (QED) is 0.634. The molecule has 1 aliphatic heterocycles. The molecule has 150 valence electrons. The molecule has 1 aromatic heterocycles. The monoisotopic (exact) mass is 412 g/mol. The number of ether oxygens (including phenoxy) is 3. The van der Waals surface area contributed by atoms with Gasteiger partial charge in [-0.25, -0.2) is 5.10 Å². The summed E-state index contributed by atoms with van der Waals surface area (Å²) in [5, 5.41) is 18.3. The van der Waals surface area contributed by atoms with Crippen molar-refractivity contribution in [2.24, 2.45) is 0 Å². The molecule has 1 saturated carbocycles. The second kappa shape index (κ2) is 6.89. The zero-order valence-corrected chi connectivity index (χ0v) is 16.7. The second-order valence-electron chi connectivity index (χ2n) is 7.25. The largest absolute Gasteiger partial charge is 0.496 e. The molecule has 7 nitrogen and oxygen atoms in total. The number of benzene rings is 2. The van der Waals surface area contributed by atoms with Crippen LogP contribution in [0.4, 0.5) is 0 Å². The number of fused-ring (bicyclic) bond motifs is 3. The Bertz CT molecular complexity index is 1100. The molecule has 0 spiro atoms. The zero-order chi connectivity index (χ0) is 20.1. The Balaban J connectivity index is 1.67. The van der Waals surface area contributed by atoms with Crippen molar-refractivity contribution in [3.63, 3.8) is 0 Å². The third kappa shape index (κ3) is 2.74. The van der Waals surface area contributed by atoms with Gasteiger partial charge in [0.15, 0.2) is 0 Å². The number of H-pyrrole nitrogens is 1. The van der Waals surface area contributed by atoms with Crippen LogP contribution in [0.3, 0.4) is 0 Å². The molecule has 5 atom stereocenters. The Kier molecular flexibility index (Phi) is 4.33. The van der Waals surface area contributed by atoms with Crippen LogP contribution in [0.25, 0.3) is 0 Å². The molecule has 1 fully saturated rings. The minimum atomic E-state index is -0.796. The highest BCUT2D eigenvalue weighted by Crippen LogP contribution is 2.60. The molecule has 8 heteroatoms. The van der Waals surface area contributed by atoms with Crippen LogP contribution < -0.4 is 14.2 Å². The maximum atomic E-state index is 11.4. The molecule has 2 heterocycles. The van der Waals surface area contributed by atoms with Gasteiger partial charge in [-0.3, -0.25) is 0 Å².